The van der Waals surface area contributed by atoms with Crippen molar-refractivity contribution in [1.29, 1.82) is 0 Å². The fourth-order valence-electron chi connectivity index (χ4n) is 1.64. The number of nitrogens with zero attached hydrogens (tertiary/aromatic N) is 1. The molecule has 1 aromatic carbocycles. The smallest absolute Gasteiger partial charge is 0.280 e. The van der Waals surface area contributed by atoms with Gasteiger partial charge in [0.15, 0.2) is 6.10 Å². The molecule has 1 heterocycles. The molecule has 0 saturated heterocycles. The van der Waals surface area contributed by atoms with Gasteiger partial charge in [0, 0.05) is 9.90 Å². The number of ether oxygens (including phenoxy) is 1. The van der Waals surface area contributed by atoms with Gasteiger partial charge in [0.2, 0.25) is 0 Å². The Labute approximate surface area is 142 Å². The number of amides is 1. The number of hydrazone groups is 1. The molecule has 0 aliphatic rings. The molecule has 1 aromatic heterocycles. The topological polar surface area (TPSA) is 50.7 Å². The van der Waals surface area contributed by atoms with Gasteiger partial charge in [-0.05, 0) is 49.7 Å². The van der Waals surface area contributed by atoms with Crippen LogP contribution in [0.5, 0.6) is 5.75 Å². The Balaban J connectivity index is 1.90. The summed E-state index contributed by atoms with van der Waals surface area (Å²) in [5.74, 6) is 0.273. The number of hydrogen-bond acceptors (Lipinski definition) is 4. The van der Waals surface area contributed by atoms with Crippen molar-refractivity contribution in [3.05, 3.63) is 50.1 Å². The van der Waals surface area contributed by atoms with Crippen molar-refractivity contribution in [3.63, 3.8) is 0 Å². The molecule has 2 rings (SSSR count). The summed E-state index contributed by atoms with van der Waals surface area (Å²) in [4.78, 5) is 12.8. The molecule has 4 nitrogen and oxygen atoms in total. The summed E-state index contributed by atoms with van der Waals surface area (Å²) in [7, 11) is 0. The molecule has 2 aromatic rings. The standard InChI is InChI=1S/C15H14Cl2N2O2S/c1-9-7-11(16)3-5-13(9)21-10(2)15(20)19-18-8-12-4-6-14(17)22-12/h3-8,10H,1-2H3,(H,19,20). The molecular formula is C15H14Cl2N2O2S. The van der Waals surface area contributed by atoms with E-state index < -0.39 is 6.10 Å². The zero-order chi connectivity index (χ0) is 16.1. The minimum atomic E-state index is -0.677. The number of rotatable bonds is 5. The van der Waals surface area contributed by atoms with Gasteiger partial charge in [-0.15, -0.1) is 11.3 Å². The minimum absolute atomic E-state index is 0.340. The van der Waals surface area contributed by atoms with E-state index in [1.54, 1.807) is 31.2 Å². The number of aryl methyl sites for hydroxylation is 1. The lowest BCUT2D eigenvalue weighted by molar-refractivity contribution is -0.127. The molecule has 7 heteroatoms. The Morgan fingerprint density at radius 3 is 2.77 bits per heavy atom. The van der Waals surface area contributed by atoms with Crippen molar-refractivity contribution in [2.24, 2.45) is 5.10 Å². The van der Waals surface area contributed by atoms with Crippen molar-refractivity contribution >= 4 is 46.7 Å². The van der Waals surface area contributed by atoms with Crippen LogP contribution in [0.2, 0.25) is 9.36 Å². The van der Waals surface area contributed by atoms with E-state index in [2.05, 4.69) is 10.5 Å². The average Bonchev–Trinajstić information content (AvgIpc) is 2.87. The van der Waals surface area contributed by atoms with Crippen LogP contribution in [0.25, 0.3) is 0 Å². The van der Waals surface area contributed by atoms with Gasteiger partial charge in [0.05, 0.1) is 10.6 Å². The van der Waals surface area contributed by atoms with Crippen LogP contribution in [0.4, 0.5) is 0 Å². The molecule has 116 valence electrons. The maximum absolute atomic E-state index is 11.9. The second-order valence-corrected chi connectivity index (χ2v) is 6.73. The fraction of sp³-hybridized carbons (Fsp3) is 0.200. The summed E-state index contributed by atoms with van der Waals surface area (Å²) < 4.78 is 6.27. The molecule has 22 heavy (non-hydrogen) atoms. The highest BCUT2D eigenvalue weighted by Gasteiger charge is 2.15. The lowest BCUT2D eigenvalue weighted by atomic mass is 10.2. The van der Waals surface area contributed by atoms with Gasteiger partial charge >= 0.3 is 0 Å². The van der Waals surface area contributed by atoms with Crippen LogP contribution in [0.15, 0.2) is 35.4 Å². The maximum Gasteiger partial charge on any atom is 0.280 e. The third-order valence-electron chi connectivity index (χ3n) is 2.77. The largest absolute Gasteiger partial charge is 0.481 e. The first kappa shape index (κ1) is 16.8. The molecule has 0 saturated carbocycles. The molecule has 0 fully saturated rings. The van der Waals surface area contributed by atoms with Crippen LogP contribution in [-0.4, -0.2) is 18.2 Å². The SMILES string of the molecule is Cc1cc(Cl)ccc1OC(C)C(=O)NN=Cc1ccc(Cl)s1. The Bertz CT molecular complexity index is 701. The third-order valence-corrected chi connectivity index (χ3v) is 4.17. The molecule has 0 radical (unpaired) electrons. The van der Waals surface area contributed by atoms with E-state index in [1.165, 1.54) is 17.6 Å². The summed E-state index contributed by atoms with van der Waals surface area (Å²) in [5, 5.41) is 4.51. The molecule has 0 spiro atoms. The minimum Gasteiger partial charge on any atom is -0.481 e. The second-order valence-electron chi connectivity index (χ2n) is 4.55. The summed E-state index contributed by atoms with van der Waals surface area (Å²) in [5.41, 5.74) is 3.30. The summed E-state index contributed by atoms with van der Waals surface area (Å²) >= 11 is 13.1. The van der Waals surface area contributed by atoms with E-state index in [4.69, 9.17) is 27.9 Å². The fourth-order valence-corrected chi connectivity index (χ4v) is 2.80. The van der Waals surface area contributed by atoms with Gasteiger partial charge in [-0.2, -0.15) is 5.10 Å². The van der Waals surface area contributed by atoms with Gasteiger partial charge in [0.25, 0.3) is 5.91 Å². The van der Waals surface area contributed by atoms with Crippen LogP contribution in [-0.2, 0) is 4.79 Å². The first-order valence-electron chi connectivity index (χ1n) is 6.47. The summed E-state index contributed by atoms with van der Waals surface area (Å²) in [6.07, 6.45) is 0.860. The molecule has 1 amide bonds. The Morgan fingerprint density at radius 1 is 1.36 bits per heavy atom. The van der Waals surface area contributed by atoms with Gasteiger partial charge in [-0.1, -0.05) is 23.2 Å². The van der Waals surface area contributed by atoms with E-state index in [0.29, 0.717) is 15.1 Å². The highest BCUT2D eigenvalue weighted by Crippen LogP contribution is 2.23. The molecule has 1 unspecified atom stereocenters. The van der Waals surface area contributed by atoms with Gasteiger partial charge < -0.3 is 4.74 Å². The monoisotopic (exact) mass is 356 g/mol. The van der Waals surface area contributed by atoms with E-state index in [0.717, 1.165) is 10.4 Å². The Kier molecular flexibility index (Phi) is 5.83. The van der Waals surface area contributed by atoms with Gasteiger partial charge in [-0.25, -0.2) is 5.43 Å². The number of carbonyl (C=O) groups is 1. The number of benzene rings is 1. The highest BCUT2D eigenvalue weighted by atomic mass is 35.5. The molecule has 1 atom stereocenters. The average molecular weight is 357 g/mol. The molecular weight excluding hydrogens is 343 g/mol. The molecule has 0 bridgehead atoms. The molecule has 1 N–H and O–H groups in total. The van der Waals surface area contributed by atoms with Crippen LogP contribution in [0.3, 0.4) is 0 Å². The second kappa shape index (κ2) is 7.63. The number of thiophene rings is 1. The van der Waals surface area contributed by atoms with Crippen LogP contribution in [0, 0.1) is 6.92 Å². The van der Waals surface area contributed by atoms with Crippen LogP contribution < -0.4 is 10.2 Å². The number of hydrogen-bond donors (Lipinski definition) is 1. The summed E-state index contributed by atoms with van der Waals surface area (Å²) in [6.45, 7) is 3.52. The Hall–Kier alpha value is -1.56. The van der Waals surface area contributed by atoms with Crippen LogP contribution in [0.1, 0.15) is 17.4 Å². The number of halogens is 2. The zero-order valence-electron chi connectivity index (χ0n) is 12.0. The summed E-state index contributed by atoms with van der Waals surface area (Å²) in [6, 6.07) is 8.82. The Morgan fingerprint density at radius 2 is 2.14 bits per heavy atom. The van der Waals surface area contributed by atoms with Crippen LogP contribution >= 0.6 is 34.5 Å². The van der Waals surface area contributed by atoms with E-state index >= 15 is 0 Å². The normalized spacial score (nSPS) is 12.4. The van der Waals surface area contributed by atoms with Crippen molar-refractivity contribution in [1.82, 2.24) is 5.43 Å². The third kappa shape index (κ3) is 4.73. The van der Waals surface area contributed by atoms with Crippen molar-refractivity contribution in [3.8, 4) is 5.75 Å². The first-order chi connectivity index (χ1) is 10.5. The van der Waals surface area contributed by atoms with Gasteiger partial charge in [0.1, 0.15) is 5.75 Å². The van der Waals surface area contributed by atoms with Crippen molar-refractivity contribution < 1.29 is 9.53 Å². The molecule has 0 aliphatic carbocycles. The molecule has 0 aliphatic heterocycles. The lowest BCUT2D eigenvalue weighted by Gasteiger charge is -2.14. The predicted molar refractivity (Wildman–Crippen MR) is 91.3 cm³/mol. The number of nitrogens with one attached hydrogen (secondary N) is 1. The predicted octanol–water partition coefficient (Wildman–Crippen LogP) is 4.28. The lowest BCUT2D eigenvalue weighted by Crippen LogP contribution is -2.33. The van der Waals surface area contributed by atoms with Gasteiger partial charge in [-0.3, -0.25) is 4.79 Å². The number of carbonyl (C=O) groups excluding carboxylic acids is 1. The van der Waals surface area contributed by atoms with E-state index in [-0.39, 0.29) is 5.91 Å². The quantitative estimate of drug-likeness (QED) is 0.641. The van der Waals surface area contributed by atoms with E-state index in [1.807, 2.05) is 13.0 Å². The maximum atomic E-state index is 11.9. The highest BCUT2D eigenvalue weighted by molar-refractivity contribution is 7.17. The zero-order valence-corrected chi connectivity index (χ0v) is 14.3. The first-order valence-corrected chi connectivity index (χ1v) is 8.04. The van der Waals surface area contributed by atoms with E-state index in [9.17, 15) is 4.79 Å². The van der Waals surface area contributed by atoms with Crippen molar-refractivity contribution in [2.75, 3.05) is 0 Å². The van der Waals surface area contributed by atoms with Crippen molar-refractivity contribution in [2.45, 2.75) is 20.0 Å².